The van der Waals surface area contributed by atoms with Crippen molar-refractivity contribution in [1.29, 1.82) is 0 Å². The van der Waals surface area contributed by atoms with E-state index in [0.717, 1.165) is 6.42 Å². The first-order valence-electron chi connectivity index (χ1n) is 2.18. The summed E-state index contributed by atoms with van der Waals surface area (Å²) in [6, 6.07) is 0. The van der Waals surface area contributed by atoms with E-state index in [4.69, 9.17) is 5.73 Å². The highest BCUT2D eigenvalue weighted by Gasteiger charge is 1.59. The van der Waals surface area contributed by atoms with Crippen molar-refractivity contribution in [2.24, 2.45) is 5.73 Å². The molecule has 0 saturated carbocycles. The van der Waals surface area contributed by atoms with Gasteiger partial charge >= 0.3 is 0 Å². The summed E-state index contributed by atoms with van der Waals surface area (Å²) in [5, 5.41) is 0. The molecule has 0 aromatic heterocycles. The van der Waals surface area contributed by atoms with Crippen LogP contribution in [-0.4, -0.2) is 6.54 Å². The summed E-state index contributed by atoms with van der Waals surface area (Å²) in [7, 11) is 0. The standard InChI is InChI=1S/C6H9N/c1-2-3-4-5-6-7/h2H,1,3,6-7H2. The minimum Gasteiger partial charge on any atom is -0.320 e. The number of hydrogen-bond acceptors (Lipinski definition) is 1. The van der Waals surface area contributed by atoms with Crippen LogP contribution >= 0.6 is 0 Å². The van der Waals surface area contributed by atoms with Crippen LogP contribution in [-0.2, 0) is 0 Å². The van der Waals surface area contributed by atoms with Gasteiger partial charge in [0.15, 0.2) is 0 Å². The summed E-state index contributed by atoms with van der Waals surface area (Å²) < 4.78 is 0. The molecule has 0 radical (unpaired) electrons. The first-order valence-corrected chi connectivity index (χ1v) is 2.18. The zero-order chi connectivity index (χ0) is 5.54. The van der Waals surface area contributed by atoms with E-state index in [9.17, 15) is 0 Å². The maximum absolute atomic E-state index is 5.06. The fraction of sp³-hybridized carbons (Fsp3) is 0.333. The molecule has 7 heavy (non-hydrogen) atoms. The normalized spacial score (nSPS) is 6.43. The molecule has 0 spiro atoms. The van der Waals surface area contributed by atoms with Crippen molar-refractivity contribution in [3.63, 3.8) is 0 Å². The highest BCUT2D eigenvalue weighted by molar-refractivity contribution is 5.03. The average molecular weight is 95.1 g/mol. The Bertz CT molecular complexity index is 94.5. The SMILES string of the molecule is C=CCC#CCN. The first-order chi connectivity index (χ1) is 3.41. The Morgan fingerprint density at radius 3 is 2.71 bits per heavy atom. The lowest BCUT2D eigenvalue weighted by Gasteiger charge is -1.69. The van der Waals surface area contributed by atoms with Crippen LogP contribution in [0.4, 0.5) is 0 Å². The van der Waals surface area contributed by atoms with Gasteiger partial charge in [0.2, 0.25) is 0 Å². The number of allylic oxidation sites excluding steroid dienone is 1. The van der Waals surface area contributed by atoms with Crippen LogP contribution in [0, 0.1) is 11.8 Å². The lowest BCUT2D eigenvalue weighted by molar-refractivity contribution is 1.29. The summed E-state index contributed by atoms with van der Waals surface area (Å²) in [5.41, 5.74) is 5.06. The molecule has 0 atom stereocenters. The lowest BCUT2D eigenvalue weighted by Crippen LogP contribution is -1.92. The zero-order valence-electron chi connectivity index (χ0n) is 4.28. The molecule has 0 fully saturated rings. The predicted octanol–water partition coefficient (Wildman–Crippen LogP) is 0.525. The minimum atomic E-state index is 0.452. The van der Waals surface area contributed by atoms with Gasteiger partial charge in [0.05, 0.1) is 6.54 Å². The highest BCUT2D eigenvalue weighted by atomic mass is 14.5. The van der Waals surface area contributed by atoms with Gasteiger partial charge in [0.1, 0.15) is 0 Å². The van der Waals surface area contributed by atoms with Crippen LogP contribution in [0.5, 0.6) is 0 Å². The Morgan fingerprint density at radius 2 is 2.29 bits per heavy atom. The summed E-state index contributed by atoms with van der Waals surface area (Å²) >= 11 is 0. The Balaban J connectivity index is 3.06. The second-order valence-electron chi connectivity index (χ2n) is 1.05. The summed E-state index contributed by atoms with van der Waals surface area (Å²) in [6.45, 7) is 3.94. The van der Waals surface area contributed by atoms with Gasteiger partial charge in [-0.2, -0.15) is 0 Å². The molecule has 0 aliphatic rings. The van der Waals surface area contributed by atoms with Gasteiger partial charge in [0, 0.05) is 6.42 Å². The van der Waals surface area contributed by atoms with E-state index in [1.54, 1.807) is 6.08 Å². The minimum absolute atomic E-state index is 0.452. The largest absolute Gasteiger partial charge is 0.320 e. The van der Waals surface area contributed by atoms with Crippen molar-refractivity contribution < 1.29 is 0 Å². The molecule has 0 aliphatic heterocycles. The van der Waals surface area contributed by atoms with Crippen LogP contribution in [0.3, 0.4) is 0 Å². The summed E-state index contributed by atoms with van der Waals surface area (Å²) in [4.78, 5) is 0. The molecule has 1 heteroatoms. The van der Waals surface area contributed by atoms with E-state index in [-0.39, 0.29) is 0 Å². The van der Waals surface area contributed by atoms with Crippen LogP contribution in [0.1, 0.15) is 6.42 Å². The number of rotatable bonds is 1. The van der Waals surface area contributed by atoms with E-state index in [1.165, 1.54) is 0 Å². The van der Waals surface area contributed by atoms with Crippen LogP contribution in [0.15, 0.2) is 12.7 Å². The molecule has 0 amide bonds. The zero-order valence-corrected chi connectivity index (χ0v) is 4.28. The monoisotopic (exact) mass is 95.1 g/mol. The van der Waals surface area contributed by atoms with E-state index in [1.807, 2.05) is 0 Å². The summed E-state index contributed by atoms with van der Waals surface area (Å²) in [6.07, 6.45) is 2.50. The molecule has 0 aromatic rings. The van der Waals surface area contributed by atoms with Gasteiger partial charge in [-0.25, -0.2) is 0 Å². The molecule has 38 valence electrons. The molecule has 0 aromatic carbocycles. The third-order valence-electron chi connectivity index (χ3n) is 0.473. The first kappa shape index (κ1) is 6.26. The molecule has 0 unspecified atom stereocenters. The fourth-order valence-corrected chi connectivity index (χ4v) is 0.217. The van der Waals surface area contributed by atoms with Gasteiger partial charge in [0.25, 0.3) is 0 Å². The van der Waals surface area contributed by atoms with E-state index >= 15 is 0 Å². The Labute approximate surface area is 44.2 Å². The van der Waals surface area contributed by atoms with E-state index in [0.29, 0.717) is 6.54 Å². The van der Waals surface area contributed by atoms with Crippen molar-refractivity contribution in [2.75, 3.05) is 6.54 Å². The molecule has 2 N–H and O–H groups in total. The van der Waals surface area contributed by atoms with Gasteiger partial charge in [-0.15, -0.1) is 6.58 Å². The van der Waals surface area contributed by atoms with Crippen LogP contribution in [0.2, 0.25) is 0 Å². The molecule has 0 rings (SSSR count). The summed E-state index contributed by atoms with van der Waals surface area (Å²) in [5.74, 6) is 5.50. The molecule has 1 nitrogen and oxygen atoms in total. The van der Waals surface area contributed by atoms with Crippen molar-refractivity contribution in [3.8, 4) is 11.8 Å². The van der Waals surface area contributed by atoms with Crippen molar-refractivity contribution in [1.82, 2.24) is 0 Å². The maximum atomic E-state index is 5.06. The fourth-order valence-electron chi connectivity index (χ4n) is 0.217. The molecule has 0 bridgehead atoms. The highest BCUT2D eigenvalue weighted by Crippen LogP contribution is 1.70. The van der Waals surface area contributed by atoms with Crippen LogP contribution < -0.4 is 5.73 Å². The Hall–Kier alpha value is -0.740. The Kier molecular flexibility index (Phi) is 4.70. The van der Waals surface area contributed by atoms with E-state index in [2.05, 4.69) is 18.4 Å². The Morgan fingerprint density at radius 1 is 1.57 bits per heavy atom. The van der Waals surface area contributed by atoms with Crippen molar-refractivity contribution in [2.45, 2.75) is 6.42 Å². The van der Waals surface area contributed by atoms with Gasteiger partial charge in [-0.05, 0) is 0 Å². The third-order valence-corrected chi connectivity index (χ3v) is 0.473. The van der Waals surface area contributed by atoms with Gasteiger partial charge in [-0.1, -0.05) is 17.9 Å². The molecular formula is C6H9N. The van der Waals surface area contributed by atoms with Crippen molar-refractivity contribution in [3.05, 3.63) is 12.7 Å². The molecular weight excluding hydrogens is 86.1 g/mol. The average Bonchev–Trinajstić information content (AvgIpc) is 1.69. The molecule has 0 saturated heterocycles. The number of nitrogens with two attached hydrogens (primary N) is 1. The van der Waals surface area contributed by atoms with Crippen molar-refractivity contribution >= 4 is 0 Å². The van der Waals surface area contributed by atoms with Gasteiger partial charge in [-0.3, -0.25) is 0 Å². The number of hydrogen-bond donors (Lipinski definition) is 1. The topological polar surface area (TPSA) is 26.0 Å². The third kappa shape index (κ3) is 5.26. The van der Waals surface area contributed by atoms with E-state index < -0.39 is 0 Å². The lowest BCUT2D eigenvalue weighted by atomic mass is 10.4. The second kappa shape index (κ2) is 5.26. The quantitative estimate of drug-likeness (QED) is 0.373. The molecule has 0 heterocycles. The van der Waals surface area contributed by atoms with Gasteiger partial charge < -0.3 is 5.73 Å². The smallest absolute Gasteiger partial charge is 0.0551 e. The second-order valence-corrected chi connectivity index (χ2v) is 1.05. The molecule has 0 aliphatic carbocycles. The maximum Gasteiger partial charge on any atom is 0.0551 e. The van der Waals surface area contributed by atoms with Crippen LogP contribution in [0.25, 0.3) is 0 Å². The predicted molar refractivity (Wildman–Crippen MR) is 31.6 cm³/mol.